The van der Waals surface area contributed by atoms with Gasteiger partial charge in [0.15, 0.2) is 0 Å². The monoisotopic (exact) mass is 275 g/mol. The van der Waals surface area contributed by atoms with Gasteiger partial charge in [0, 0.05) is 17.9 Å². The minimum absolute atomic E-state index is 0.828. The van der Waals surface area contributed by atoms with E-state index in [-0.39, 0.29) is 0 Å². The summed E-state index contributed by atoms with van der Waals surface area (Å²) in [4.78, 5) is 2.60. The Balaban J connectivity index is 2.30. The van der Waals surface area contributed by atoms with E-state index >= 15 is 0 Å². The minimum Gasteiger partial charge on any atom is -0.303 e. The van der Waals surface area contributed by atoms with E-state index in [0.717, 1.165) is 23.2 Å². The third-order valence-electron chi connectivity index (χ3n) is 3.95. The molecule has 2 heteroatoms. The van der Waals surface area contributed by atoms with Crippen LogP contribution in [0.2, 0.25) is 0 Å². The van der Waals surface area contributed by atoms with Crippen LogP contribution in [0.1, 0.15) is 46.0 Å². The number of hydrogen-bond acceptors (Lipinski definition) is 1. The highest BCUT2D eigenvalue weighted by Crippen LogP contribution is 2.27. The highest BCUT2D eigenvalue weighted by Gasteiger charge is 2.22. The maximum Gasteiger partial charge on any atom is 0.00925 e. The van der Waals surface area contributed by atoms with Gasteiger partial charge in [0.1, 0.15) is 0 Å². The van der Waals surface area contributed by atoms with Gasteiger partial charge in [-0.05, 0) is 44.6 Å². The molecule has 1 nitrogen and oxygen atoms in total. The number of rotatable bonds is 5. The van der Waals surface area contributed by atoms with Gasteiger partial charge in [-0.2, -0.15) is 0 Å². The van der Waals surface area contributed by atoms with Gasteiger partial charge in [-0.25, -0.2) is 0 Å². The molecule has 1 aliphatic rings. The van der Waals surface area contributed by atoms with Gasteiger partial charge in [0.2, 0.25) is 0 Å². The molecule has 1 saturated carbocycles. The number of halogens is 1. The molecule has 0 saturated heterocycles. The zero-order valence-electron chi connectivity index (χ0n) is 10.5. The fourth-order valence-corrected chi connectivity index (χ4v) is 3.19. The molecule has 0 bridgehead atoms. The van der Waals surface area contributed by atoms with Crippen LogP contribution in [-0.4, -0.2) is 29.9 Å². The topological polar surface area (TPSA) is 3.24 Å². The lowest BCUT2D eigenvalue weighted by Crippen LogP contribution is -2.38. The van der Waals surface area contributed by atoms with Gasteiger partial charge >= 0.3 is 0 Å². The molecule has 15 heavy (non-hydrogen) atoms. The van der Waals surface area contributed by atoms with Crippen LogP contribution in [0.5, 0.6) is 0 Å². The summed E-state index contributed by atoms with van der Waals surface area (Å²) in [6.07, 6.45) is 6.98. The Morgan fingerprint density at radius 2 is 1.87 bits per heavy atom. The second-order valence-electron chi connectivity index (χ2n) is 5.28. The summed E-state index contributed by atoms with van der Waals surface area (Å²) in [5.74, 6) is 1.79. The van der Waals surface area contributed by atoms with Crippen LogP contribution >= 0.6 is 15.9 Å². The first-order valence-electron chi connectivity index (χ1n) is 6.43. The fraction of sp³-hybridized carbons (Fsp3) is 1.00. The van der Waals surface area contributed by atoms with Gasteiger partial charge < -0.3 is 4.90 Å². The molecule has 1 fully saturated rings. The summed E-state index contributed by atoms with van der Waals surface area (Å²) >= 11 is 3.61. The zero-order chi connectivity index (χ0) is 11.3. The summed E-state index contributed by atoms with van der Waals surface area (Å²) in [5.41, 5.74) is 0. The summed E-state index contributed by atoms with van der Waals surface area (Å²) in [7, 11) is 2.31. The van der Waals surface area contributed by atoms with Gasteiger partial charge in [-0.1, -0.05) is 36.2 Å². The molecular weight excluding hydrogens is 250 g/mol. The Hall–Kier alpha value is 0.440. The van der Waals surface area contributed by atoms with Gasteiger partial charge in [-0.3, -0.25) is 0 Å². The molecule has 0 heterocycles. The van der Waals surface area contributed by atoms with Gasteiger partial charge in [0.25, 0.3) is 0 Å². The lowest BCUT2D eigenvalue weighted by atomic mass is 9.86. The normalized spacial score (nSPS) is 29.4. The van der Waals surface area contributed by atoms with Crippen molar-refractivity contribution in [1.82, 2.24) is 4.90 Å². The second kappa shape index (κ2) is 6.90. The van der Waals surface area contributed by atoms with Crippen molar-refractivity contribution in [2.24, 2.45) is 11.8 Å². The SMILES string of the molecule is CCC(CBr)CN(C)C1CCC(C)CC1. The first-order valence-corrected chi connectivity index (χ1v) is 7.55. The Morgan fingerprint density at radius 1 is 1.27 bits per heavy atom. The zero-order valence-corrected chi connectivity index (χ0v) is 12.1. The van der Waals surface area contributed by atoms with E-state index in [9.17, 15) is 0 Å². The number of alkyl halides is 1. The Bertz CT molecular complexity index is 160. The lowest BCUT2D eigenvalue weighted by molar-refractivity contribution is 0.153. The summed E-state index contributed by atoms with van der Waals surface area (Å²) in [5, 5.41) is 1.15. The minimum atomic E-state index is 0.828. The molecule has 0 aromatic carbocycles. The second-order valence-corrected chi connectivity index (χ2v) is 5.93. The van der Waals surface area contributed by atoms with Crippen molar-refractivity contribution in [3.63, 3.8) is 0 Å². The van der Waals surface area contributed by atoms with Crippen molar-refractivity contribution in [3.05, 3.63) is 0 Å². The van der Waals surface area contributed by atoms with Crippen LogP contribution in [0.4, 0.5) is 0 Å². The smallest absolute Gasteiger partial charge is 0.00925 e. The first-order chi connectivity index (χ1) is 7.17. The molecule has 0 radical (unpaired) electrons. The van der Waals surface area contributed by atoms with Crippen molar-refractivity contribution in [2.45, 2.75) is 52.0 Å². The van der Waals surface area contributed by atoms with Crippen molar-refractivity contribution < 1.29 is 0 Å². The summed E-state index contributed by atoms with van der Waals surface area (Å²) < 4.78 is 0. The molecule has 1 aliphatic carbocycles. The Labute approximate surface area is 104 Å². The van der Waals surface area contributed by atoms with E-state index in [1.54, 1.807) is 0 Å². The average molecular weight is 276 g/mol. The summed E-state index contributed by atoms with van der Waals surface area (Å²) in [6.45, 7) is 5.95. The molecule has 90 valence electrons. The molecule has 1 atom stereocenters. The van der Waals surface area contributed by atoms with E-state index < -0.39 is 0 Å². The third kappa shape index (κ3) is 4.44. The van der Waals surface area contributed by atoms with Crippen molar-refractivity contribution in [1.29, 1.82) is 0 Å². The van der Waals surface area contributed by atoms with E-state index in [2.05, 4.69) is 41.7 Å². The number of nitrogens with zero attached hydrogens (tertiary/aromatic N) is 1. The van der Waals surface area contributed by atoms with Crippen molar-refractivity contribution >= 4 is 15.9 Å². The van der Waals surface area contributed by atoms with E-state index in [1.165, 1.54) is 38.6 Å². The molecular formula is C13H26BrN. The molecule has 0 spiro atoms. The van der Waals surface area contributed by atoms with Gasteiger partial charge in [-0.15, -0.1) is 0 Å². The predicted molar refractivity (Wildman–Crippen MR) is 71.6 cm³/mol. The van der Waals surface area contributed by atoms with E-state index in [0.29, 0.717) is 0 Å². The van der Waals surface area contributed by atoms with Crippen molar-refractivity contribution in [3.8, 4) is 0 Å². The van der Waals surface area contributed by atoms with Gasteiger partial charge in [0.05, 0.1) is 0 Å². The quantitative estimate of drug-likeness (QED) is 0.688. The number of hydrogen-bond donors (Lipinski definition) is 0. The average Bonchev–Trinajstić information content (AvgIpc) is 2.26. The molecule has 1 unspecified atom stereocenters. The highest BCUT2D eigenvalue weighted by molar-refractivity contribution is 9.09. The third-order valence-corrected chi connectivity index (χ3v) is 4.87. The standard InChI is InChI=1S/C13H26BrN/c1-4-12(9-14)10-15(3)13-7-5-11(2)6-8-13/h11-13H,4-10H2,1-3H3. The summed E-state index contributed by atoms with van der Waals surface area (Å²) in [6, 6.07) is 0.856. The molecule has 0 amide bonds. The van der Waals surface area contributed by atoms with E-state index in [4.69, 9.17) is 0 Å². The lowest BCUT2D eigenvalue weighted by Gasteiger charge is -2.35. The first kappa shape index (κ1) is 13.5. The Kier molecular flexibility index (Phi) is 6.21. The van der Waals surface area contributed by atoms with Crippen molar-refractivity contribution in [2.75, 3.05) is 18.9 Å². The van der Waals surface area contributed by atoms with Crippen LogP contribution < -0.4 is 0 Å². The maximum absolute atomic E-state index is 3.61. The highest BCUT2D eigenvalue weighted by atomic mass is 79.9. The fourth-order valence-electron chi connectivity index (χ4n) is 2.53. The molecule has 0 aromatic heterocycles. The molecule has 0 N–H and O–H groups in total. The van der Waals surface area contributed by atoms with Crippen LogP contribution in [-0.2, 0) is 0 Å². The largest absolute Gasteiger partial charge is 0.303 e. The van der Waals surface area contributed by atoms with Crippen LogP contribution in [0.15, 0.2) is 0 Å². The van der Waals surface area contributed by atoms with Crippen LogP contribution in [0, 0.1) is 11.8 Å². The predicted octanol–water partition coefficient (Wildman–Crippen LogP) is 3.92. The maximum atomic E-state index is 3.61. The molecule has 0 aromatic rings. The molecule has 1 rings (SSSR count). The molecule has 0 aliphatic heterocycles. The van der Waals surface area contributed by atoms with E-state index in [1.807, 2.05) is 0 Å². The van der Waals surface area contributed by atoms with Crippen LogP contribution in [0.25, 0.3) is 0 Å². The van der Waals surface area contributed by atoms with Crippen LogP contribution in [0.3, 0.4) is 0 Å². The Morgan fingerprint density at radius 3 is 2.33 bits per heavy atom.